The Morgan fingerprint density at radius 3 is 2.24 bits per heavy atom. The van der Waals surface area contributed by atoms with Gasteiger partial charge in [0.05, 0.1) is 12.1 Å². The van der Waals surface area contributed by atoms with Gasteiger partial charge in [0.15, 0.2) is 10.8 Å². The summed E-state index contributed by atoms with van der Waals surface area (Å²) in [4.78, 5) is 81.8. The largest absolute Gasteiger partial charge is 0.365 e. The molecule has 4 amide bonds. The van der Waals surface area contributed by atoms with Crippen LogP contribution < -0.4 is 27.4 Å². The Kier molecular flexibility index (Phi) is 16.3. The van der Waals surface area contributed by atoms with E-state index in [9.17, 15) is 34.1 Å². The van der Waals surface area contributed by atoms with Gasteiger partial charge in [0, 0.05) is 26.1 Å². The number of benzene rings is 1. The molecule has 51 heavy (non-hydrogen) atoms. The van der Waals surface area contributed by atoms with E-state index in [4.69, 9.17) is 11.5 Å². The van der Waals surface area contributed by atoms with Gasteiger partial charge in [-0.15, -0.1) is 0 Å². The number of hydrogen-bond acceptors (Lipinski definition) is 8. The van der Waals surface area contributed by atoms with Crippen LogP contribution in [0.4, 0.5) is 0 Å². The molecule has 5 atom stereocenters. The number of nitrogens with zero attached hydrogens (tertiary/aromatic N) is 4. The first-order valence-corrected chi connectivity index (χ1v) is 18.1. The highest BCUT2D eigenvalue weighted by molar-refractivity contribution is 5.97. The molecule has 0 bridgehead atoms. The van der Waals surface area contributed by atoms with Crippen molar-refractivity contribution in [3.63, 3.8) is 0 Å². The number of guanidine groups is 1. The van der Waals surface area contributed by atoms with Crippen molar-refractivity contribution < 1.29 is 29.0 Å². The van der Waals surface area contributed by atoms with Gasteiger partial charge in [-0.3, -0.25) is 24.0 Å². The second kappa shape index (κ2) is 20.3. The van der Waals surface area contributed by atoms with E-state index in [1.54, 1.807) is 4.90 Å². The number of hydrazone groups is 1. The molecule has 16 heteroatoms. The normalized spacial score (nSPS) is 19.4. The molecule has 2 fully saturated rings. The van der Waals surface area contributed by atoms with E-state index in [2.05, 4.69) is 28.0 Å². The van der Waals surface area contributed by atoms with Gasteiger partial charge in [0.25, 0.3) is 5.96 Å². The first-order chi connectivity index (χ1) is 24.3. The predicted molar refractivity (Wildman–Crippen MR) is 191 cm³/mol. The zero-order valence-corrected chi connectivity index (χ0v) is 30.1. The van der Waals surface area contributed by atoms with Crippen molar-refractivity contribution in [2.24, 2.45) is 22.5 Å². The SMILES string of the molecule is CCCCCC(NC(=O)C(N)C(C)C)C(=O)N1CCCC1C(=O)N1CCCC1C(=O)NC(CCCN/C(N)=N/[N+](=O)[O-])C(=O)Cc1ccccc1. The zero-order chi connectivity index (χ0) is 37.5. The number of hydrogen-bond donors (Lipinski definition) is 5. The molecule has 0 aliphatic carbocycles. The van der Waals surface area contributed by atoms with Gasteiger partial charge in [-0.1, -0.05) is 70.4 Å². The molecular formula is C35H55N9O7. The third-order valence-electron chi connectivity index (χ3n) is 9.48. The highest BCUT2D eigenvalue weighted by Crippen LogP contribution is 2.26. The summed E-state index contributed by atoms with van der Waals surface area (Å²) in [6.07, 6.45) is 5.63. The number of nitro groups is 1. The van der Waals surface area contributed by atoms with Crippen LogP contribution in [0, 0.1) is 16.0 Å². The number of carbonyl (C=O) groups is 5. The molecule has 0 radical (unpaired) electrons. The highest BCUT2D eigenvalue weighted by Gasteiger charge is 2.44. The summed E-state index contributed by atoms with van der Waals surface area (Å²) < 4.78 is 0. The van der Waals surface area contributed by atoms with E-state index in [0.29, 0.717) is 51.6 Å². The molecular weight excluding hydrogens is 658 g/mol. The maximum absolute atomic E-state index is 14.1. The number of carbonyl (C=O) groups excluding carboxylic acids is 5. The average molecular weight is 714 g/mol. The molecule has 0 aromatic heterocycles. The standard InChI is InChI=1S/C35H55N9O7/c1-4-5-7-15-26(40-32(47)30(36)23(2)3)33(48)43-21-12-18-28(43)34(49)42-20-11-17-27(42)31(46)39-25(16-10-19-38-35(37)41-44(50)51)29(45)22-24-13-8-6-9-14-24/h6,8-9,13-14,23,25-28,30H,4-5,7,10-12,15-22,36H2,1-3H3,(H,39,46)(H,40,47)(H3,37,38,41). The first-order valence-electron chi connectivity index (χ1n) is 18.1. The van der Waals surface area contributed by atoms with E-state index in [-0.39, 0.29) is 48.9 Å². The fourth-order valence-electron chi connectivity index (χ4n) is 6.56. The molecule has 16 nitrogen and oxygen atoms in total. The van der Waals surface area contributed by atoms with Crippen LogP contribution in [0.2, 0.25) is 0 Å². The van der Waals surface area contributed by atoms with Crippen molar-refractivity contribution in [2.45, 2.75) is 122 Å². The van der Waals surface area contributed by atoms with Gasteiger partial charge in [-0.25, -0.2) is 10.1 Å². The Labute approximate surface area is 299 Å². The topological polar surface area (TPSA) is 235 Å². The number of rotatable bonds is 19. The smallest absolute Gasteiger partial charge is 0.266 e. The summed E-state index contributed by atoms with van der Waals surface area (Å²) in [5, 5.41) is 21.0. The van der Waals surface area contributed by atoms with Gasteiger partial charge in [-0.2, -0.15) is 0 Å². The van der Waals surface area contributed by atoms with Crippen LogP contribution in [-0.4, -0.2) is 100 Å². The molecule has 0 spiro atoms. The van der Waals surface area contributed by atoms with Crippen molar-refractivity contribution in [3.8, 4) is 0 Å². The van der Waals surface area contributed by atoms with Crippen LogP contribution in [0.25, 0.3) is 0 Å². The zero-order valence-electron chi connectivity index (χ0n) is 30.1. The van der Waals surface area contributed by atoms with E-state index >= 15 is 0 Å². The maximum atomic E-state index is 14.1. The minimum Gasteiger partial charge on any atom is -0.365 e. The third-order valence-corrected chi connectivity index (χ3v) is 9.48. The second-order valence-corrected chi connectivity index (χ2v) is 13.7. The Morgan fingerprint density at radius 2 is 1.59 bits per heavy atom. The molecule has 1 aromatic rings. The average Bonchev–Trinajstić information content (AvgIpc) is 3.79. The second-order valence-electron chi connectivity index (χ2n) is 13.7. The predicted octanol–water partition coefficient (Wildman–Crippen LogP) is 1.19. The monoisotopic (exact) mass is 713 g/mol. The molecule has 2 aliphatic rings. The number of Topliss-reactive ketones (excluding diaryl/α,β-unsaturated/α-hetero) is 1. The highest BCUT2D eigenvalue weighted by atomic mass is 16.7. The first kappa shape index (κ1) is 40.8. The number of ketones is 1. The number of unbranched alkanes of at least 4 members (excludes halogenated alkanes) is 2. The molecule has 2 heterocycles. The lowest BCUT2D eigenvalue weighted by molar-refractivity contribution is -0.485. The lowest BCUT2D eigenvalue weighted by Crippen LogP contribution is -2.58. The summed E-state index contributed by atoms with van der Waals surface area (Å²) in [7, 11) is 0. The molecule has 7 N–H and O–H groups in total. The minimum atomic E-state index is -0.919. The lowest BCUT2D eigenvalue weighted by atomic mass is 9.99. The van der Waals surface area contributed by atoms with Crippen LogP contribution >= 0.6 is 0 Å². The number of likely N-dealkylation sites (tertiary alicyclic amines) is 2. The fraction of sp³-hybridized carbons (Fsp3) is 0.657. The molecule has 2 aliphatic heterocycles. The fourth-order valence-corrected chi connectivity index (χ4v) is 6.56. The van der Waals surface area contributed by atoms with Crippen molar-refractivity contribution in [1.82, 2.24) is 25.8 Å². The van der Waals surface area contributed by atoms with Crippen LogP contribution in [0.15, 0.2) is 35.4 Å². The summed E-state index contributed by atoms with van der Waals surface area (Å²) >= 11 is 0. The summed E-state index contributed by atoms with van der Waals surface area (Å²) in [6.45, 7) is 6.59. The summed E-state index contributed by atoms with van der Waals surface area (Å²) in [6, 6.07) is 5.03. The Balaban J connectivity index is 1.72. The number of nitrogens with one attached hydrogen (secondary N) is 3. The molecule has 3 rings (SSSR count). The van der Waals surface area contributed by atoms with Gasteiger partial charge in [0.1, 0.15) is 23.2 Å². The Hall–Kier alpha value is -4.60. The molecule has 5 unspecified atom stereocenters. The van der Waals surface area contributed by atoms with Gasteiger partial charge in [0.2, 0.25) is 23.6 Å². The van der Waals surface area contributed by atoms with Crippen molar-refractivity contribution in [3.05, 3.63) is 46.0 Å². The quantitative estimate of drug-likeness (QED) is 0.0451. The maximum Gasteiger partial charge on any atom is 0.266 e. The summed E-state index contributed by atoms with van der Waals surface area (Å²) in [5.41, 5.74) is 12.4. The third kappa shape index (κ3) is 12.3. The molecule has 1 aromatic carbocycles. The van der Waals surface area contributed by atoms with Crippen molar-refractivity contribution in [2.75, 3.05) is 19.6 Å². The molecule has 282 valence electrons. The summed E-state index contributed by atoms with van der Waals surface area (Å²) in [5.74, 6) is -2.22. The molecule has 0 saturated carbocycles. The van der Waals surface area contributed by atoms with Crippen LogP contribution in [-0.2, 0) is 30.4 Å². The van der Waals surface area contributed by atoms with Crippen LogP contribution in [0.1, 0.15) is 90.5 Å². The van der Waals surface area contributed by atoms with E-state index in [0.717, 1.165) is 24.8 Å². The lowest BCUT2D eigenvalue weighted by Gasteiger charge is -2.33. The number of nitrogens with two attached hydrogens (primary N) is 2. The van der Waals surface area contributed by atoms with E-state index in [1.807, 2.05) is 44.2 Å². The van der Waals surface area contributed by atoms with Gasteiger partial charge in [-0.05, 0) is 56.4 Å². The van der Waals surface area contributed by atoms with E-state index in [1.165, 1.54) is 4.90 Å². The van der Waals surface area contributed by atoms with Crippen LogP contribution in [0.5, 0.6) is 0 Å². The van der Waals surface area contributed by atoms with Crippen molar-refractivity contribution in [1.29, 1.82) is 0 Å². The minimum absolute atomic E-state index is 0.0780. The van der Waals surface area contributed by atoms with Gasteiger partial charge < -0.3 is 37.2 Å². The number of amides is 4. The Morgan fingerprint density at radius 1 is 0.941 bits per heavy atom. The van der Waals surface area contributed by atoms with Crippen LogP contribution in [0.3, 0.4) is 0 Å². The van der Waals surface area contributed by atoms with E-state index < -0.39 is 47.1 Å². The van der Waals surface area contributed by atoms with Gasteiger partial charge >= 0.3 is 0 Å². The molecule has 2 saturated heterocycles. The Bertz CT molecular complexity index is 1390. The van der Waals surface area contributed by atoms with Crippen molar-refractivity contribution >= 4 is 35.4 Å².